The molecule has 0 unspecified atom stereocenters. The van der Waals surface area contributed by atoms with Gasteiger partial charge in [0.25, 0.3) is 0 Å². The minimum atomic E-state index is 0. The second-order valence-corrected chi connectivity index (χ2v) is 0. The van der Waals surface area contributed by atoms with Gasteiger partial charge in [-0.15, -0.1) is 0 Å². The Morgan fingerprint density at radius 1 is 1.00 bits per heavy atom. The second kappa shape index (κ2) is 16.8. The standard InChI is InChI=1S/Fe.In.Pb.Zn. The summed E-state index contributed by atoms with van der Waals surface area (Å²) in [5.41, 5.74) is 0. The van der Waals surface area contributed by atoms with E-state index in [-0.39, 0.29) is 89.7 Å². The molecule has 4 heteroatoms. The van der Waals surface area contributed by atoms with E-state index >= 15 is 0 Å². The molecule has 0 fully saturated rings. The third-order valence-electron chi connectivity index (χ3n) is 0. The van der Waals surface area contributed by atoms with Crippen molar-refractivity contribution in [3.8, 4) is 0 Å². The molecule has 0 atom stereocenters. The van der Waals surface area contributed by atoms with Gasteiger partial charge in [0.15, 0.2) is 0 Å². The van der Waals surface area contributed by atoms with Gasteiger partial charge in [0.05, 0.1) is 0 Å². The maximum absolute atomic E-state index is 0. The molecule has 0 aliphatic rings. The van der Waals surface area contributed by atoms with Crippen LogP contribution in [0.25, 0.3) is 0 Å². The third kappa shape index (κ3) is 8.87. The van der Waals surface area contributed by atoms with Gasteiger partial charge in [0, 0.05) is 89.7 Å². The van der Waals surface area contributed by atoms with Crippen molar-refractivity contribution in [1.29, 1.82) is 0 Å². The van der Waals surface area contributed by atoms with Gasteiger partial charge >= 0.3 is 0 Å². The zero-order chi connectivity index (χ0) is 0. The van der Waals surface area contributed by atoms with E-state index in [0.717, 1.165) is 0 Å². The van der Waals surface area contributed by atoms with E-state index in [1.807, 2.05) is 0 Å². The first-order valence-electron chi connectivity index (χ1n) is 0. The molecule has 0 rings (SSSR count). The van der Waals surface area contributed by atoms with Gasteiger partial charge in [-0.05, 0) is 0 Å². The molecule has 0 aliphatic heterocycles. The smallest absolute Gasteiger partial charge is 0 e. The fourth-order valence-corrected chi connectivity index (χ4v) is 0. The Balaban J connectivity index is 0. The molecule has 0 nitrogen and oxygen atoms in total. The van der Waals surface area contributed by atoms with E-state index in [1.54, 1.807) is 0 Å². The van der Waals surface area contributed by atoms with Crippen molar-refractivity contribution < 1.29 is 36.5 Å². The summed E-state index contributed by atoms with van der Waals surface area (Å²) in [7, 11) is 0. The molecule has 0 bridgehead atoms. The van der Waals surface area contributed by atoms with Crippen LogP contribution >= 0.6 is 0 Å². The first-order valence-corrected chi connectivity index (χ1v) is 0. The molecule has 0 aliphatic carbocycles. The van der Waals surface area contributed by atoms with Crippen LogP contribution in [0.5, 0.6) is 0 Å². The molecule has 0 heterocycles. The summed E-state index contributed by atoms with van der Waals surface area (Å²) >= 11 is 0. The van der Waals surface area contributed by atoms with E-state index in [2.05, 4.69) is 0 Å². The molecule has 7 radical (unpaired) electrons. The van der Waals surface area contributed by atoms with E-state index in [1.165, 1.54) is 0 Å². The average molecular weight is 443 g/mol. The summed E-state index contributed by atoms with van der Waals surface area (Å²) in [6.45, 7) is 0. The van der Waals surface area contributed by atoms with Crippen LogP contribution in [-0.2, 0) is 36.5 Å². The van der Waals surface area contributed by atoms with Gasteiger partial charge in [0.1, 0.15) is 0 Å². The van der Waals surface area contributed by atoms with Crippen LogP contribution < -0.4 is 0 Å². The fraction of sp³-hybridized carbons (Fsp3) is 0. The van der Waals surface area contributed by atoms with E-state index in [4.69, 9.17) is 0 Å². The van der Waals surface area contributed by atoms with Crippen LogP contribution in [0.15, 0.2) is 0 Å². The third-order valence-corrected chi connectivity index (χ3v) is 0. The zero-order valence-corrected chi connectivity index (χ0v) is 13.4. The van der Waals surface area contributed by atoms with Crippen molar-refractivity contribution in [1.82, 2.24) is 0 Å². The Bertz CT molecular complexity index is 8.00. The van der Waals surface area contributed by atoms with Crippen molar-refractivity contribution in [3.05, 3.63) is 0 Å². The summed E-state index contributed by atoms with van der Waals surface area (Å²) in [5, 5.41) is 0. The van der Waals surface area contributed by atoms with Crippen LogP contribution in [0.3, 0.4) is 0 Å². The number of rotatable bonds is 0. The molecule has 0 amide bonds. The molecule has 0 saturated heterocycles. The summed E-state index contributed by atoms with van der Waals surface area (Å²) < 4.78 is 0. The van der Waals surface area contributed by atoms with E-state index in [0.29, 0.717) is 0 Å². The molecular formula is FeInPbZn. The second-order valence-electron chi connectivity index (χ2n) is 0. The maximum atomic E-state index is 0. The van der Waals surface area contributed by atoms with Gasteiger partial charge in [-0.25, -0.2) is 0 Å². The van der Waals surface area contributed by atoms with Gasteiger partial charge in [-0.2, -0.15) is 0 Å². The monoisotopic (exact) mass is 443 g/mol. The predicted octanol–water partition coefficient (Wildman–Crippen LogP) is -0.767. The Morgan fingerprint density at radius 2 is 1.00 bits per heavy atom. The van der Waals surface area contributed by atoms with Crippen LogP contribution in [-0.4, -0.2) is 53.1 Å². The number of hydrogen-bond acceptors (Lipinski definition) is 0. The van der Waals surface area contributed by atoms with E-state index in [9.17, 15) is 0 Å². The van der Waals surface area contributed by atoms with Crippen LogP contribution in [0.1, 0.15) is 0 Å². The maximum Gasteiger partial charge on any atom is 0 e. The van der Waals surface area contributed by atoms with Crippen molar-refractivity contribution in [3.63, 3.8) is 0 Å². The Labute approximate surface area is 88.0 Å². The molecule has 0 spiro atoms. The SMILES string of the molecule is [Fe].[In].[Pb].[Zn]. The topological polar surface area (TPSA) is 0 Å². The average Bonchev–Trinajstić information content (AvgIpc) is 0. The van der Waals surface area contributed by atoms with Gasteiger partial charge in [0.2, 0.25) is 0 Å². The fourth-order valence-electron chi connectivity index (χ4n) is 0. The minimum absolute atomic E-state index is 0. The number of hydrogen-bond donors (Lipinski definition) is 0. The molecule has 17 valence electrons. The summed E-state index contributed by atoms with van der Waals surface area (Å²) in [5.74, 6) is 0. The van der Waals surface area contributed by atoms with Crippen LogP contribution in [0, 0.1) is 0 Å². The van der Waals surface area contributed by atoms with Gasteiger partial charge in [-0.1, -0.05) is 0 Å². The summed E-state index contributed by atoms with van der Waals surface area (Å²) in [6, 6.07) is 0. The predicted molar refractivity (Wildman–Crippen MR) is 11.5 cm³/mol. The van der Waals surface area contributed by atoms with E-state index < -0.39 is 0 Å². The van der Waals surface area contributed by atoms with Crippen molar-refractivity contribution in [2.45, 2.75) is 0 Å². The molecule has 0 N–H and O–H groups in total. The summed E-state index contributed by atoms with van der Waals surface area (Å²) in [6.07, 6.45) is 0. The van der Waals surface area contributed by atoms with Crippen molar-refractivity contribution >= 4 is 53.1 Å². The largest absolute Gasteiger partial charge is 0 e. The molecule has 0 aromatic rings. The molecule has 4 heavy (non-hydrogen) atoms. The summed E-state index contributed by atoms with van der Waals surface area (Å²) in [4.78, 5) is 0. The van der Waals surface area contributed by atoms with Crippen LogP contribution in [0.4, 0.5) is 0 Å². The van der Waals surface area contributed by atoms with Crippen LogP contribution in [0.2, 0.25) is 0 Å². The Morgan fingerprint density at radius 3 is 1.00 bits per heavy atom. The Kier molecular flexibility index (Phi) is 119. The van der Waals surface area contributed by atoms with Gasteiger partial charge < -0.3 is 0 Å². The van der Waals surface area contributed by atoms with Crippen molar-refractivity contribution in [2.75, 3.05) is 0 Å². The Hall–Kier alpha value is 2.94. The quantitative estimate of drug-likeness (QED) is 0.432. The molecule has 0 aromatic heterocycles. The van der Waals surface area contributed by atoms with Crippen molar-refractivity contribution in [2.24, 2.45) is 0 Å². The first kappa shape index (κ1) is 28.4. The first-order chi connectivity index (χ1) is 0. The molecular weight excluding hydrogens is 443 g/mol. The molecule has 0 aromatic carbocycles. The normalized spacial score (nSPS) is 0. The molecule has 0 saturated carbocycles. The van der Waals surface area contributed by atoms with Gasteiger partial charge in [-0.3, -0.25) is 0 Å². The minimum Gasteiger partial charge on any atom is 0 e. The zero-order valence-electron chi connectivity index (χ0n) is 2.14.